The first-order valence-corrected chi connectivity index (χ1v) is 8.12. The van der Waals surface area contributed by atoms with Crippen LogP contribution in [0.25, 0.3) is 0 Å². The van der Waals surface area contributed by atoms with Gasteiger partial charge in [-0.1, -0.05) is 39.7 Å². The van der Waals surface area contributed by atoms with E-state index in [0.29, 0.717) is 5.56 Å². The summed E-state index contributed by atoms with van der Waals surface area (Å²) < 4.78 is 0.734. The first-order chi connectivity index (χ1) is 9.10. The minimum atomic E-state index is -0.0712. The van der Waals surface area contributed by atoms with E-state index in [9.17, 15) is 4.79 Å². The Balaban J connectivity index is 2.03. The lowest BCUT2D eigenvalue weighted by Gasteiger charge is -2.12. The fourth-order valence-corrected chi connectivity index (χ4v) is 3.09. The topological polar surface area (TPSA) is 29.1 Å². The minimum absolute atomic E-state index is 0.0409. The van der Waals surface area contributed by atoms with E-state index in [4.69, 9.17) is 11.6 Å². The molecular weight excluding hydrogens is 346 g/mol. The van der Waals surface area contributed by atoms with Crippen molar-refractivity contribution in [2.24, 2.45) is 0 Å². The highest BCUT2D eigenvalue weighted by atomic mass is 79.9. The molecule has 0 spiro atoms. The van der Waals surface area contributed by atoms with Crippen molar-refractivity contribution in [2.75, 3.05) is 0 Å². The molecule has 0 aliphatic carbocycles. The largest absolute Gasteiger partial charge is 0.345 e. The van der Waals surface area contributed by atoms with Crippen molar-refractivity contribution in [3.05, 3.63) is 56.7 Å². The quantitative estimate of drug-likeness (QED) is 0.782. The van der Waals surface area contributed by atoms with Crippen molar-refractivity contribution in [2.45, 2.75) is 18.3 Å². The van der Waals surface area contributed by atoms with E-state index in [1.54, 1.807) is 0 Å². The third kappa shape index (κ3) is 3.81. The van der Waals surface area contributed by atoms with Crippen molar-refractivity contribution in [1.82, 2.24) is 5.32 Å². The monoisotopic (exact) mass is 357 g/mol. The third-order valence-electron chi connectivity index (χ3n) is 2.74. The van der Waals surface area contributed by atoms with Crippen molar-refractivity contribution in [3.63, 3.8) is 0 Å². The van der Waals surface area contributed by atoms with Gasteiger partial charge in [-0.25, -0.2) is 0 Å². The Morgan fingerprint density at radius 3 is 2.53 bits per heavy atom. The number of rotatable bonds is 4. The molecule has 1 atom stereocenters. The molecule has 100 valence electrons. The Morgan fingerprint density at radius 2 is 2.00 bits per heavy atom. The zero-order valence-corrected chi connectivity index (χ0v) is 13.5. The van der Waals surface area contributed by atoms with E-state index in [1.807, 2.05) is 43.3 Å². The van der Waals surface area contributed by atoms with E-state index >= 15 is 0 Å². The average molecular weight is 359 g/mol. The van der Waals surface area contributed by atoms with Gasteiger partial charge in [0.05, 0.1) is 10.4 Å². The highest BCUT2D eigenvalue weighted by Crippen LogP contribution is 2.26. The summed E-state index contributed by atoms with van der Waals surface area (Å²) in [4.78, 5) is 13.1. The number of alkyl halides is 1. The molecule has 5 heteroatoms. The molecular formula is C14H13BrClNOS. The number of carbonyl (C=O) groups excluding carboxylic acids is 1. The van der Waals surface area contributed by atoms with E-state index in [0.717, 1.165) is 20.1 Å². The van der Waals surface area contributed by atoms with Crippen LogP contribution >= 0.6 is 38.9 Å². The molecule has 0 aliphatic heterocycles. The van der Waals surface area contributed by atoms with E-state index in [1.165, 1.54) is 11.3 Å². The van der Waals surface area contributed by atoms with Crippen LogP contribution in [0.3, 0.4) is 0 Å². The smallest absolute Gasteiger partial charge is 0.251 e. The van der Waals surface area contributed by atoms with Crippen LogP contribution in [0.4, 0.5) is 0 Å². The molecule has 0 saturated carbocycles. The lowest BCUT2D eigenvalue weighted by Crippen LogP contribution is -2.26. The number of benzene rings is 1. The Kier molecular flexibility index (Phi) is 5.02. The molecule has 0 radical (unpaired) electrons. The average Bonchev–Trinajstić information content (AvgIpc) is 2.85. The van der Waals surface area contributed by atoms with Gasteiger partial charge in [-0.3, -0.25) is 4.79 Å². The normalized spacial score (nSPS) is 12.2. The summed E-state index contributed by atoms with van der Waals surface area (Å²) in [5.74, 6) is -0.0712. The fraction of sp³-hybridized carbons (Fsp3) is 0.214. The van der Waals surface area contributed by atoms with Crippen LogP contribution in [0.5, 0.6) is 0 Å². The Hall–Kier alpha value is -0.840. The maximum absolute atomic E-state index is 12.1. The van der Waals surface area contributed by atoms with Crippen LogP contribution in [-0.4, -0.2) is 5.91 Å². The van der Waals surface area contributed by atoms with Gasteiger partial charge in [0, 0.05) is 15.8 Å². The lowest BCUT2D eigenvalue weighted by molar-refractivity contribution is 0.0940. The van der Waals surface area contributed by atoms with Crippen molar-refractivity contribution in [1.29, 1.82) is 0 Å². The van der Waals surface area contributed by atoms with Crippen LogP contribution in [0, 0.1) is 0 Å². The van der Waals surface area contributed by atoms with Gasteiger partial charge in [0.1, 0.15) is 0 Å². The molecule has 0 aliphatic rings. The zero-order valence-electron chi connectivity index (χ0n) is 10.3. The summed E-state index contributed by atoms with van der Waals surface area (Å²) in [5.41, 5.74) is 1.81. The van der Waals surface area contributed by atoms with Gasteiger partial charge in [-0.2, -0.15) is 0 Å². The number of hydrogen-bond donors (Lipinski definition) is 1. The first-order valence-electron chi connectivity index (χ1n) is 5.81. The molecule has 1 amide bonds. The van der Waals surface area contributed by atoms with Gasteiger partial charge >= 0.3 is 0 Å². The van der Waals surface area contributed by atoms with Gasteiger partial charge in [0.15, 0.2) is 0 Å². The minimum Gasteiger partial charge on any atom is -0.345 e. The number of amides is 1. The molecule has 2 aromatic rings. The van der Waals surface area contributed by atoms with Crippen LogP contribution in [0.1, 0.15) is 33.8 Å². The van der Waals surface area contributed by atoms with Gasteiger partial charge in [-0.15, -0.1) is 11.3 Å². The molecule has 2 nitrogen and oxygen atoms in total. The molecule has 1 aromatic heterocycles. The highest BCUT2D eigenvalue weighted by Gasteiger charge is 2.12. The highest BCUT2D eigenvalue weighted by molar-refractivity contribution is 9.08. The first kappa shape index (κ1) is 14.6. The van der Waals surface area contributed by atoms with Crippen LogP contribution in [0.2, 0.25) is 4.34 Å². The molecule has 1 heterocycles. The van der Waals surface area contributed by atoms with E-state index < -0.39 is 0 Å². The molecule has 1 aromatic carbocycles. The summed E-state index contributed by atoms with van der Waals surface area (Å²) >= 11 is 10.8. The molecule has 2 rings (SSSR count). The Bertz CT molecular complexity index is 567. The van der Waals surface area contributed by atoms with Gasteiger partial charge in [-0.05, 0) is 36.8 Å². The second kappa shape index (κ2) is 6.55. The number of thiophene rings is 1. The third-order valence-corrected chi connectivity index (χ3v) is 4.80. The maximum atomic E-state index is 12.1. The predicted molar refractivity (Wildman–Crippen MR) is 84.3 cm³/mol. The number of hydrogen-bond acceptors (Lipinski definition) is 2. The molecule has 19 heavy (non-hydrogen) atoms. The SMILES string of the molecule is CC(NC(=O)c1ccc(CBr)cc1)c1ccc(Cl)s1. The molecule has 1 unspecified atom stereocenters. The zero-order chi connectivity index (χ0) is 13.8. The summed E-state index contributed by atoms with van der Waals surface area (Å²) in [6.07, 6.45) is 0. The van der Waals surface area contributed by atoms with Gasteiger partial charge in [0.2, 0.25) is 0 Å². The van der Waals surface area contributed by atoms with Crippen molar-refractivity contribution in [3.8, 4) is 0 Å². The Morgan fingerprint density at radius 1 is 1.32 bits per heavy atom. The van der Waals surface area contributed by atoms with Crippen LogP contribution < -0.4 is 5.32 Å². The van der Waals surface area contributed by atoms with Gasteiger partial charge < -0.3 is 5.32 Å². The van der Waals surface area contributed by atoms with E-state index in [-0.39, 0.29) is 11.9 Å². The number of halogens is 2. The number of carbonyl (C=O) groups is 1. The Labute approximate surface area is 129 Å². The number of nitrogens with one attached hydrogen (secondary N) is 1. The summed E-state index contributed by atoms with van der Waals surface area (Å²) in [6, 6.07) is 11.3. The molecule has 1 N–H and O–H groups in total. The van der Waals surface area contributed by atoms with E-state index in [2.05, 4.69) is 21.2 Å². The second-order valence-corrected chi connectivity index (χ2v) is 6.47. The van der Waals surface area contributed by atoms with Crippen molar-refractivity contribution >= 4 is 44.8 Å². The standard InChI is InChI=1S/C14H13BrClNOS/c1-9(12-6-7-13(16)19-12)17-14(18)11-4-2-10(8-15)3-5-11/h2-7,9H,8H2,1H3,(H,17,18). The summed E-state index contributed by atoms with van der Waals surface area (Å²) in [6.45, 7) is 1.95. The molecule has 0 saturated heterocycles. The maximum Gasteiger partial charge on any atom is 0.251 e. The van der Waals surface area contributed by atoms with Gasteiger partial charge in [0.25, 0.3) is 5.91 Å². The second-order valence-electron chi connectivity index (χ2n) is 4.17. The summed E-state index contributed by atoms with van der Waals surface area (Å²) in [5, 5.41) is 3.76. The van der Waals surface area contributed by atoms with Crippen LogP contribution in [0.15, 0.2) is 36.4 Å². The molecule has 0 bridgehead atoms. The lowest BCUT2D eigenvalue weighted by atomic mass is 10.1. The fourth-order valence-electron chi connectivity index (χ4n) is 1.66. The van der Waals surface area contributed by atoms with Crippen molar-refractivity contribution < 1.29 is 4.79 Å². The van der Waals surface area contributed by atoms with Crippen LogP contribution in [-0.2, 0) is 5.33 Å². The summed E-state index contributed by atoms with van der Waals surface area (Å²) in [7, 11) is 0. The predicted octanol–water partition coefficient (Wildman–Crippen LogP) is 4.79. The molecule has 0 fully saturated rings.